The zero-order valence-corrected chi connectivity index (χ0v) is 12.3. The molecule has 0 N–H and O–H groups in total. The maximum absolute atomic E-state index is 11.3. The average molecular weight is 302 g/mol. The number of benzene rings is 2. The highest BCUT2D eigenvalue weighted by Gasteiger charge is 2.10. The molecule has 0 amide bonds. The Morgan fingerprint density at radius 3 is 2.52 bits per heavy atom. The molecule has 106 valence electrons. The lowest BCUT2D eigenvalue weighted by Gasteiger charge is -2.11. The van der Waals surface area contributed by atoms with Crippen LogP contribution in [-0.2, 0) is 0 Å². The Bertz CT molecular complexity index is 735. The van der Waals surface area contributed by atoms with E-state index < -0.39 is 0 Å². The number of ether oxygens (including phenoxy) is 2. The monoisotopic (exact) mass is 301 g/mol. The first-order chi connectivity index (χ1) is 10.0. The molecule has 0 spiro atoms. The van der Waals surface area contributed by atoms with E-state index in [4.69, 9.17) is 26.3 Å². The van der Waals surface area contributed by atoms with Crippen molar-refractivity contribution in [3.05, 3.63) is 52.5 Å². The molecule has 0 heterocycles. The number of nitriles is 1. The van der Waals surface area contributed by atoms with Crippen LogP contribution in [0, 0.1) is 11.3 Å². The van der Waals surface area contributed by atoms with E-state index in [2.05, 4.69) is 0 Å². The molecule has 0 unspecified atom stereocenters. The summed E-state index contributed by atoms with van der Waals surface area (Å²) in [5.74, 6) is 1.28. The van der Waals surface area contributed by atoms with Gasteiger partial charge in [0.25, 0.3) is 0 Å². The van der Waals surface area contributed by atoms with Crippen LogP contribution in [0.2, 0.25) is 5.02 Å². The molecule has 0 fully saturated rings. The minimum Gasteiger partial charge on any atom is -0.493 e. The van der Waals surface area contributed by atoms with Crippen LogP contribution in [0.4, 0.5) is 0 Å². The number of nitrogens with zero attached hydrogens (tertiary/aromatic N) is 1. The third-order valence-electron chi connectivity index (χ3n) is 2.84. The maximum atomic E-state index is 11.3. The van der Waals surface area contributed by atoms with Gasteiger partial charge < -0.3 is 9.47 Å². The van der Waals surface area contributed by atoms with Crippen molar-refractivity contribution >= 4 is 17.4 Å². The second kappa shape index (κ2) is 6.29. The number of methoxy groups -OCH3 is 1. The Balaban J connectivity index is 2.32. The fraction of sp³-hybridized carbons (Fsp3) is 0.125. The van der Waals surface area contributed by atoms with Gasteiger partial charge in [-0.1, -0.05) is 11.6 Å². The van der Waals surface area contributed by atoms with Gasteiger partial charge in [-0.2, -0.15) is 5.26 Å². The van der Waals surface area contributed by atoms with E-state index in [1.54, 1.807) is 36.4 Å². The van der Waals surface area contributed by atoms with Crippen LogP contribution in [0.5, 0.6) is 17.2 Å². The first-order valence-electron chi connectivity index (χ1n) is 6.11. The average Bonchev–Trinajstić information content (AvgIpc) is 2.47. The third kappa shape index (κ3) is 3.33. The van der Waals surface area contributed by atoms with E-state index >= 15 is 0 Å². The zero-order chi connectivity index (χ0) is 15.4. The van der Waals surface area contributed by atoms with E-state index in [0.29, 0.717) is 33.4 Å². The summed E-state index contributed by atoms with van der Waals surface area (Å²) in [6, 6.07) is 11.7. The summed E-state index contributed by atoms with van der Waals surface area (Å²) in [6.07, 6.45) is 0. The highest BCUT2D eigenvalue weighted by Crippen LogP contribution is 2.33. The van der Waals surface area contributed by atoms with E-state index in [0.717, 1.165) is 0 Å². The van der Waals surface area contributed by atoms with Crippen molar-refractivity contribution in [1.82, 2.24) is 0 Å². The fourth-order valence-corrected chi connectivity index (χ4v) is 2.10. The number of carbonyl (C=O) groups is 1. The molecule has 0 aliphatic carbocycles. The van der Waals surface area contributed by atoms with Gasteiger partial charge in [0.2, 0.25) is 0 Å². The predicted octanol–water partition coefficient (Wildman–Crippen LogP) is 4.22. The molecule has 0 bridgehead atoms. The highest BCUT2D eigenvalue weighted by molar-refractivity contribution is 6.34. The molecule has 0 atom stereocenters. The molecule has 0 radical (unpaired) electrons. The van der Waals surface area contributed by atoms with Crippen molar-refractivity contribution in [1.29, 1.82) is 5.26 Å². The molecule has 4 nitrogen and oxygen atoms in total. The topological polar surface area (TPSA) is 59.3 Å². The largest absolute Gasteiger partial charge is 0.493 e. The van der Waals surface area contributed by atoms with Crippen LogP contribution in [0.25, 0.3) is 0 Å². The number of carbonyl (C=O) groups excluding carboxylic acids is 1. The van der Waals surface area contributed by atoms with Crippen LogP contribution in [0.1, 0.15) is 22.8 Å². The summed E-state index contributed by atoms with van der Waals surface area (Å²) in [4.78, 5) is 11.3. The predicted molar refractivity (Wildman–Crippen MR) is 79.2 cm³/mol. The lowest BCUT2D eigenvalue weighted by atomic mass is 10.1. The summed E-state index contributed by atoms with van der Waals surface area (Å²) < 4.78 is 10.9. The molecule has 2 rings (SSSR count). The fourth-order valence-electron chi connectivity index (χ4n) is 1.79. The smallest absolute Gasteiger partial charge is 0.169 e. The molecule has 0 aliphatic heterocycles. The number of hydrogen-bond acceptors (Lipinski definition) is 4. The van der Waals surface area contributed by atoms with Gasteiger partial charge in [-0.05, 0) is 31.2 Å². The minimum atomic E-state index is -0.109. The van der Waals surface area contributed by atoms with Gasteiger partial charge >= 0.3 is 0 Å². The van der Waals surface area contributed by atoms with E-state index in [1.165, 1.54) is 14.0 Å². The molecule has 21 heavy (non-hydrogen) atoms. The highest BCUT2D eigenvalue weighted by atomic mass is 35.5. The molecule has 2 aromatic carbocycles. The SMILES string of the molecule is COc1cc(C#N)ccc1Oc1ccc(C(C)=O)c(Cl)c1. The quantitative estimate of drug-likeness (QED) is 0.793. The van der Waals surface area contributed by atoms with Gasteiger partial charge in [0.05, 0.1) is 23.8 Å². The number of ketones is 1. The van der Waals surface area contributed by atoms with Crippen LogP contribution < -0.4 is 9.47 Å². The van der Waals surface area contributed by atoms with Crippen molar-refractivity contribution in [2.75, 3.05) is 7.11 Å². The van der Waals surface area contributed by atoms with Crippen molar-refractivity contribution in [3.63, 3.8) is 0 Å². The summed E-state index contributed by atoms with van der Waals surface area (Å²) in [5, 5.41) is 9.19. The van der Waals surface area contributed by atoms with Crippen LogP contribution >= 0.6 is 11.6 Å². The Morgan fingerprint density at radius 1 is 1.19 bits per heavy atom. The third-order valence-corrected chi connectivity index (χ3v) is 3.15. The van der Waals surface area contributed by atoms with Crippen molar-refractivity contribution in [2.24, 2.45) is 0 Å². The van der Waals surface area contributed by atoms with Crippen molar-refractivity contribution < 1.29 is 14.3 Å². The number of Topliss-reactive ketones (excluding diaryl/α,β-unsaturated/α-hetero) is 1. The van der Waals surface area contributed by atoms with Crippen molar-refractivity contribution in [3.8, 4) is 23.3 Å². The summed E-state index contributed by atoms with van der Waals surface area (Å²) >= 11 is 6.04. The van der Waals surface area contributed by atoms with Gasteiger partial charge in [0.1, 0.15) is 5.75 Å². The molecule has 0 aliphatic rings. The van der Waals surface area contributed by atoms with Crippen molar-refractivity contribution in [2.45, 2.75) is 6.92 Å². The Labute approximate surface area is 127 Å². The van der Waals surface area contributed by atoms with Gasteiger partial charge in [-0.3, -0.25) is 4.79 Å². The standard InChI is InChI=1S/C16H12ClNO3/c1-10(19)13-5-4-12(8-14(13)17)21-15-6-3-11(9-18)7-16(15)20-2/h3-8H,1-2H3. The lowest BCUT2D eigenvalue weighted by molar-refractivity contribution is 0.101. The Morgan fingerprint density at radius 2 is 1.95 bits per heavy atom. The summed E-state index contributed by atoms with van der Waals surface area (Å²) in [5.41, 5.74) is 0.917. The van der Waals surface area contributed by atoms with Gasteiger partial charge in [-0.25, -0.2) is 0 Å². The van der Waals surface area contributed by atoms with Crippen LogP contribution in [0.3, 0.4) is 0 Å². The number of halogens is 1. The molecule has 2 aromatic rings. The molecule has 0 saturated heterocycles. The Hall–Kier alpha value is -2.51. The molecule has 0 aromatic heterocycles. The van der Waals surface area contributed by atoms with E-state index in [9.17, 15) is 4.79 Å². The molecule has 0 saturated carbocycles. The zero-order valence-electron chi connectivity index (χ0n) is 11.5. The summed E-state index contributed by atoms with van der Waals surface area (Å²) in [6.45, 7) is 1.45. The van der Waals surface area contributed by atoms with Gasteiger partial charge in [-0.15, -0.1) is 0 Å². The number of hydrogen-bond donors (Lipinski definition) is 0. The molecular formula is C16H12ClNO3. The lowest BCUT2D eigenvalue weighted by Crippen LogP contribution is -1.95. The van der Waals surface area contributed by atoms with E-state index in [-0.39, 0.29) is 5.78 Å². The van der Waals surface area contributed by atoms with Crippen LogP contribution in [-0.4, -0.2) is 12.9 Å². The second-order valence-corrected chi connectivity index (χ2v) is 4.68. The second-order valence-electron chi connectivity index (χ2n) is 4.28. The van der Waals surface area contributed by atoms with Crippen LogP contribution in [0.15, 0.2) is 36.4 Å². The normalized spacial score (nSPS) is 9.81. The molecule has 5 heteroatoms. The maximum Gasteiger partial charge on any atom is 0.169 e. The molecular weight excluding hydrogens is 290 g/mol. The van der Waals surface area contributed by atoms with E-state index in [1.807, 2.05) is 6.07 Å². The number of rotatable bonds is 4. The summed E-state index contributed by atoms with van der Waals surface area (Å²) in [7, 11) is 1.50. The Kier molecular flexibility index (Phi) is 4.46. The van der Waals surface area contributed by atoms with Gasteiger partial charge in [0, 0.05) is 17.7 Å². The first-order valence-corrected chi connectivity index (χ1v) is 6.49. The minimum absolute atomic E-state index is 0.109. The first kappa shape index (κ1) is 14.9. The van der Waals surface area contributed by atoms with Gasteiger partial charge in [0.15, 0.2) is 17.3 Å².